The summed E-state index contributed by atoms with van der Waals surface area (Å²) in [5.74, 6) is 0.932. The third kappa shape index (κ3) is 4.10. The van der Waals surface area contributed by atoms with Crippen LogP contribution in [0.1, 0.15) is 25.0 Å². The van der Waals surface area contributed by atoms with Gasteiger partial charge in [0.25, 0.3) is 0 Å². The van der Waals surface area contributed by atoms with Crippen LogP contribution in [0.5, 0.6) is 0 Å². The van der Waals surface area contributed by atoms with Crippen molar-refractivity contribution in [3.63, 3.8) is 0 Å². The Morgan fingerprint density at radius 2 is 1.19 bits per heavy atom. The van der Waals surface area contributed by atoms with E-state index in [-0.39, 0.29) is 5.41 Å². The first-order valence-electron chi connectivity index (χ1n) is 14.8. The lowest BCUT2D eigenvalue weighted by Crippen LogP contribution is -2.25. The second-order valence-corrected chi connectivity index (χ2v) is 11.8. The lowest BCUT2D eigenvalue weighted by Gasteiger charge is -2.29. The van der Waals surface area contributed by atoms with Gasteiger partial charge in [-0.1, -0.05) is 92.7 Å². The Balaban J connectivity index is 1.22. The molecule has 0 N–H and O–H groups in total. The van der Waals surface area contributed by atoms with Gasteiger partial charge in [0.15, 0.2) is 0 Å². The molecule has 43 heavy (non-hydrogen) atoms. The molecule has 7 aromatic rings. The van der Waals surface area contributed by atoms with Crippen LogP contribution >= 0.6 is 0 Å². The molecule has 208 valence electrons. The molecule has 0 bridgehead atoms. The lowest BCUT2D eigenvalue weighted by molar-refractivity contribution is 0.641. The Labute approximate surface area is 252 Å². The number of fused-ring (bicyclic) bond motifs is 4. The van der Waals surface area contributed by atoms with E-state index < -0.39 is 0 Å². The Morgan fingerprint density at radius 1 is 0.535 bits per heavy atom. The summed E-state index contributed by atoms with van der Waals surface area (Å²) in [5, 5.41) is 2.48. The van der Waals surface area contributed by atoms with Crippen LogP contribution in [-0.4, -0.2) is 16.2 Å². The van der Waals surface area contributed by atoms with Crippen molar-refractivity contribution in [2.45, 2.75) is 19.3 Å². The second kappa shape index (κ2) is 9.88. The number of hydrogen-bond donors (Lipinski definition) is 0. The summed E-state index contributed by atoms with van der Waals surface area (Å²) in [6, 6.07) is 50.0. The van der Waals surface area contributed by atoms with Crippen molar-refractivity contribution in [2.24, 2.45) is 0 Å². The monoisotopic (exact) mass is 556 g/mol. The van der Waals surface area contributed by atoms with E-state index in [9.17, 15) is 0 Å². The highest BCUT2D eigenvalue weighted by Crippen LogP contribution is 2.45. The lowest BCUT2D eigenvalue weighted by atomic mass is 9.77. The first kappa shape index (κ1) is 25.4. The van der Waals surface area contributed by atoms with Gasteiger partial charge in [0.05, 0.1) is 22.4 Å². The molecule has 1 aliphatic heterocycles. The molecule has 0 saturated heterocycles. The molecule has 0 saturated carbocycles. The Bertz CT molecular complexity index is 2090. The zero-order chi connectivity index (χ0) is 29.0. The molecule has 4 heteroatoms. The van der Waals surface area contributed by atoms with Crippen LogP contribution in [0.25, 0.3) is 27.6 Å². The maximum atomic E-state index is 4.73. The van der Waals surface area contributed by atoms with Crippen LogP contribution in [0.15, 0.2) is 146 Å². The fourth-order valence-corrected chi connectivity index (χ4v) is 6.59. The number of anilines is 4. The van der Waals surface area contributed by atoms with E-state index in [1.54, 1.807) is 0 Å². The van der Waals surface area contributed by atoms with E-state index >= 15 is 0 Å². The topological polar surface area (TPSA) is 24.3 Å². The van der Waals surface area contributed by atoms with Crippen LogP contribution in [0.3, 0.4) is 0 Å². The highest BCUT2D eigenvalue weighted by molar-refractivity contribution is 6.09. The van der Waals surface area contributed by atoms with Crippen LogP contribution in [-0.2, 0) is 5.41 Å². The molecule has 0 aliphatic carbocycles. The molecule has 3 heterocycles. The van der Waals surface area contributed by atoms with Gasteiger partial charge in [0.2, 0.25) is 0 Å². The molecule has 0 spiro atoms. The second-order valence-electron chi connectivity index (χ2n) is 11.8. The number of hydrogen-bond acceptors (Lipinski definition) is 3. The van der Waals surface area contributed by atoms with Gasteiger partial charge >= 0.3 is 0 Å². The number of para-hydroxylation sites is 4. The molecule has 8 rings (SSSR count). The zero-order valence-corrected chi connectivity index (χ0v) is 24.4. The third-order valence-electron chi connectivity index (χ3n) is 8.97. The van der Waals surface area contributed by atoms with Gasteiger partial charge in [-0.2, -0.15) is 0 Å². The van der Waals surface area contributed by atoms with Crippen LogP contribution in [0.2, 0.25) is 0 Å². The maximum absolute atomic E-state index is 4.73. The summed E-state index contributed by atoms with van der Waals surface area (Å²) in [5.41, 5.74) is 9.51. The minimum atomic E-state index is -0.228. The van der Waals surface area contributed by atoms with E-state index in [0.29, 0.717) is 0 Å². The fourth-order valence-electron chi connectivity index (χ4n) is 6.59. The summed E-state index contributed by atoms with van der Waals surface area (Å²) in [4.78, 5) is 9.53. The van der Waals surface area contributed by atoms with E-state index in [2.05, 4.69) is 162 Å². The first-order valence-corrected chi connectivity index (χ1v) is 14.8. The normalized spacial score (nSPS) is 13.2. The molecule has 0 fully saturated rings. The Kier molecular flexibility index (Phi) is 5.83. The summed E-state index contributed by atoms with van der Waals surface area (Å²) in [7, 11) is 0. The molecule has 0 radical (unpaired) electrons. The highest BCUT2D eigenvalue weighted by Gasteiger charge is 2.30. The van der Waals surface area contributed by atoms with E-state index in [0.717, 1.165) is 12.5 Å². The largest absolute Gasteiger partial charge is 0.321 e. The van der Waals surface area contributed by atoms with Crippen molar-refractivity contribution >= 4 is 44.6 Å². The number of rotatable bonds is 5. The van der Waals surface area contributed by atoms with E-state index in [1.165, 1.54) is 55.7 Å². The molecule has 1 aliphatic rings. The summed E-state index contributed by atoms with van der Waals surface area (Å²) >= 11 is 0. The number of pyridine rings is 1. The van der Waals surface area contributed by atoms with Gasteiger partial charge < -0.3 is 9.80 Å². The van der Waals surface area contributed by atoms with Crippen molar-refractivity contribution in [2.75, 3.05) is 16.5 Å². The number of aromatic nitrogens is 2. The van der Waals surface area contributed by atoms with Crippen molar-refractivity contribution in [3.8, 4) is 5.82 Å². The fraction of sp³-hybridized carbons (Fsp3) is 0.103. The minimum absolute atomic E-state index is 0.228. The third-order valence-corrected chi connectivity index (χ3v) is 8.97. The van der Waals surface area contributed by atoms with Gasteiger partial charge in [0.1, 0.15) is 12.5 Å². The van der Waals surface area contributed by atoms with Gasteiger partial charge in [-0.05, 0) is 71.8 Å². The molecule has 4 nitrogen and oxygen atoms in total. The predicted octanol–water partition coefficient (Wildman–Crippen LogP) is 9.75. The average Bonchev–Trinajstić information content (AvgIpc) is 3.62. The SMILES string of the molecule is CC(C)(c1cccc(N2CN(c3ccccc3)c3ccccc32)c1)c1ccc2c3ccccc3n(-c3ccccn3)c2c1. The summed E-state index contributed by atoms with van der Waals surface area (Å²) < 4.78 is 2.29. The van der Waals surface area contributed by atoms with E-state index in [4.69, 9.17) is 4.98 Å². The standard InChI is InChI=1S/C39H32N4/c1-39(2,29-22-23-33-32-17-6-7-18-34(32)43(37(33)26-29)38-21-10-11-24-40-38)28-13-12-16-31(25-28)42-27-41(30-14-4-3-5-15-30)35-19-8-9-20-36(35)42/h3-26H,27H2,1-2H3. The van der Waals surface area contributed by atoms with Crippen molar-refractivity contribution in [1.29, 1.82) is 0 Å². The maximum Gasteiger partial charge on any atom is 0.137 e. The van der Waals surface area contributed by atoms with Gasteiger partial charge in [0, 0.05) is 33.8 Å². The molecular formula is C39H32N4. The first-order chi connectivity index (χ1) is 21.1. The van der Waals surface area contributed by atoms with E-state index in [1.807, 2.05) is 12.3 Å². The Hall–Kier alpha value is -5.35. The van der Waals surface area contributed by atoms with Crippen LogP contribution in [0.4, 0.5) is 22.7 Å². The minimum Gasteiger partial charge on any atom is -0.321 e. The molecule has 0 amide bonds. The van der Waals surface area contributed by atoms with Gasteiger partial charge in [-0.3, -0.25) is 4.57 Å². The van der Waals surface area contributed by atoms with Gasteiger partial charge in [-0.25, -0.2) is 4.98 Å². The molecule has 0 unspecified atom stereocenters. The predicted molar refractivity (Wildman–Crippen MR) is 179 cm³/mol. The number of benzene rings is 5. The zero-order valence-electron chi connectivity index (χ0n) is 24.4. The molecule has 2 aromatic heterocycles. The molecule has 5 aromatic carbocycles. The quantitative estimate of drug-likeness (QED) is 0.211. The summed E-state index contributed by atoms with van der Waals surface area (Å²) in [6.07, 6.45) is 1.87. The average molecular weight is 557 g/mol. The van der Waals surface area contributed by atoms with Crippen molar-refractivity contribution in [1.82, 2.24) is 9.55 Å². The van der Waals surface area contributed by atoms with Crippen LogP contribution < -0.4 is 9.80 Å². The van der Waals surface area contributed by atoms with Crippen LogP contribution in [0, 0.1) is 0 Å². The van der Waals surface area contributed by atoms with Crippen molar-refractivity contribution < 1.29 is 0 Å². The summed E-state index contributed by atoms with van der Waals surface area (Å²) in [6.45, 7) is 5.42. The van der Waals surface area contributed by atoms with Crippen molar-refractivity contribution in [3.05, 3.63) is 157 Å². The smallest absolute Gasteiger partial charge is 0.137 e. The molecule has 0 atom stereocenters. The highest BCUT2D eigenvalue weighted by atomic mass is 15.4. The molecular weight excluding hydrogens is 524 g/mol. The Morgan fingerprint density at radius 3 is 1.98 bits per heavy atom. The van der Waals surface area contributed by atoms with Gasteiger partial charge in [-0.15, -0.1) is 0 Å². The number of nitrogens with zero attached hydrogens (tertiary/aromatic N) is 4.